The van der Waals surface area contributed by atoms with Gasteiger partial charge in [0.2, 0.25) is 5.91 Å². The number of hydrogen-bond donors (Lipinski definition) is 2. The minimum atomic E-state index is -0.829. The molecule has 0 aromatic rings. The van der Waals surface area contributed by atoms with Gasteiger partial charge in [0, 0.05) is 6.54 Å². The van der Waals surface area contributed by atoms with Crippen molar-refractivity contribution in [3.8, 4) is 0 Å². The highest BCUT2D eigenvalue weighted by Gasteiger charge is 2.41. The smallest absolute Gasteiger partial charge is 0.307 e. The Bertz CT molecular complexity index is 402. The monoisotopic (exact) mass is 296 g/mol. The van der Waals surface area contributed by atoms with Crippen molar-refractivity contribution in [2.45, 2.75) is 39.5 Å². The molecule has 0 aromatic heterocycles. The lowest BCUT2D eigenvalue weighted by atomic mass is 9.80. The summed E-state index contributed by atoms with van der Waals surface area (Å²) >= 11 is 0. The van der Waals surface area contributed by atoms with Gasteiger partial charge in [0.15, 0.2) is 0 Å². The number of amides is 1. The Morgan fingerprint density at radius 1 is 1.24 bits per heavy atom. The van der Waals surface area contributed by atoms with Crippen LogP contribution in [-0.2, 0) is 9.59 Å². The molecular formula is C16H28N2O3. The molecule has 1 saturated carbocycles. The predicted octanol–water partition coefficient (Wildman–Crippen LogP) is 1.58. The molecule has 120 valence electrons. The number of carbonyl (C=O) groups excluding carboxylic acids is 1. The zero-order valence-electron chi connectivity index (χ0n) is 13.4. The van der Waals surface area contributed by atoms with Crippen LogP contribution in [0.4, 0.5) is 0 Å². The molecule has 3 atom stereocenters. The minimum absolute atomic E-state index is 0.0631. The molecule has 1 aliphatic carbocycles. The lowest BCUT2D eigenvalue weighted by Crippen LogP contribution is -2.45. The standard InChI is InChI=1S/C16H28N2O3/c1-11-8-12(13(9-11)15(20)21)14(19)17-10-16(2)4-6-18(3)7-5-16/h11-13H,4-10H2,1-3H3,(H,17,19)(H,20,21). The lowest BCUT2D eigenvalue weighted by molar-refractivity contribution is -0.146. The normalized spacial score (nSPS) is 32.8. The van der Waals surface area contributed by atoms with Crippen LogP contribution in [0.3, 0.4) is 0 Å². The van der Waals surface area contributed by atoms with E-state index >= 15 is 0 Å². The predicted molar refractivity (Wildman–Crippen MR) is 80.9 cm³/mol. The van der Waals surface area contributed by atoms with Gasteiger partial charge in [-0.3, -0.25) is 9.59 Å². The van der Waals surface area contributed by atoms with Crippen LogP contribution in [0.5, 0.6) is 0 Å². The Morgan fingerprint density at radius 2 is 1.81 bits per heavy atom. The second kappa shape index (κ2) is 6.34. The molecule has 21 heavy (non-hydrogen) atoms. The summed E-state index contributed by atoms with van der Waals surface area (Å²) in [6, 6.07) is 0. The molecule has 2 rings (SSSR count). The number of aliphatic carboxylic acids is 1. The molecule has 5 nitrogen and oxygen atoms in total. The molecule has 0 bridgehead atoms. The second-order valence-electron chi connectivity index (χ2n) is 7.46. The van der Waals surface area contributed by atoms with Crippen LogP contribution >= 0.6 is 0 Å². The van der Waals surface area contributed by atoms with Gasteiger partial charge in [-0.05, 0) is 57.2 Å². The van der Waals surface area contributed by atoms with Crippen molar-refractivity contribution >= 4 is 11.9 Å². The van der Waals surface area contributed by atoms with E-state index in [9.17, 15) is 14.7 Å². The topological polar surface area (TPSA) is 69.6 Å². The lowest BCUT2D eigenvalue weighted by Gasteiger charge is -2.38. The molecule has 0 aromatic carbocycles. The summed E-state index contributed by atoms with van der Waals surface area (Å²) in [5.74, 6) is -1.43. The van der Waals surface area contributed by atoms with Gasteiger partial charge in [-0.1, -0.05) is 13.8 Å². The third-order valence-corrected chi connectivity index (χ3v) is 5.34. The van der Waals surface area contributed by atoms with Gasteiger partial charge in [-0.25, -0.2) is 0 Å². The van der Waals surface area contributed by atoms with Crippen molar-refractivity contribution in [1.29, 1.82) is 0 Å². The Morgan fingerprint density at radius 3 is 2.38 bits per heavy atom. The maximum atomic E-state index is 12.4. The van der Waals surface area contributed by atoms with Gasteiger partial charge in [0.1, 0.15) is 0 Å². The number of rotatable bonds is 4. The number of carboxylic acids is 1. The number of nitrogens with zero attached hydrogens (tertiary/aromatic N) is 1. The number of carboxylic acid groups (broad SMARTS) is 1. The molecule has 1 aliphatic heterocycles. The van der Waals surface area contributed by atoms with Gasteiger partial charge in [0.05, 0.1) is 11.8 Å². The third-order valence-electron chi connectivity index (χ3n) is 5.34. The van der Waals surface area contributed by atoms with Crippen molar-refractivity contribution in [2.75, 3.05) is 26.7 Å². The van der Waals surface area contributed by atoms with Crippen molar-refractivity contribution < 1.29 is 14.7 Å². The molecule has 3 unspecified atom stereocenters. The molecule has 1 amide bonds. The van der Waals surface area contributed by atoms with E-state index in [1.807, 2.05) is 6.92 Å². The van der Waals surface area contributed by atoms with Gasteiger partial charge >= 0.3 is 5.97 Å². The highest BCUT2D eigenvalue weighted by molar-refractivity contribution is 5.85. The van der Waals surface area contributed by atoms with E-state index < -0.39 is 11.9 Å². The zero-order valence-corrected chi connectivity index (χ0v) is 13.4. The second-order valence-corrected chi connectivity index (χ2v) is 7.46. The van der Waals surface area contributed by atoms with Crippen LogP contribution in [0, 0.1) is 23.2 Å². The SMILES string of the molecule is CC1CC(C(=O)O)C(C(=O)NCC2(C)CCN(C)CC2)C1. The molecule has 2 N–H and O–H groups in total. The van der Waals surface area contributed by atoms with E-state index in [1.54, 1.807) is 0 Å². The van der Waals surface area contributed by atoms with Crippen molar-refractivity contribution in [2.24, 2.45) is 23.2 Å². The first kappa shape index (κ1) is 16.3. The molecule has 1 saturated heterocycles. The summed E-state index contributed by atoms with van der Waals surface area (Å²) in [4.78, 5) is 26.0. The first-order valence-electron chi connectivity index (χ1n) is 8.00. The van der Waals surface area contributed by atoms with Crippen molar-refractivity contribution in [3.63, 3.8) is 0 Å². The quantitative estimate of drug-likeness (QED) is 0.826. The number of carbonyl (C=O) groups is 2. The first-order chi connectivity index (χ1) is 9.81. The summed E-state index contributed by atoms with van der Waals surface area (Å²) in [7, 11) is 2.12. The molecule has 1 heterocycles. The molecule has 0 radical (unpaired) electrons. The van der Waals surface area contributed by atoms with Crippen LogP contribution in [-0.4, -0.2) is 48.6 Å². The highest BCUT2D eigenvalue weighted by atomic mass is 16.4. The molecule has 2 aliphatic rings. The average Bonchev–Trinajstić information content (AvgIpc) is 2.82. The Labute approximate surface area is 127 Å². The number of likely N-dealkylation sites (tertiary alicyclic amines) is 1. The summed E-state index contributed by atoms with van der Waals surface area (Å²) in [5.41, 5.74) is 0.144. The number of nitrogens with one attached hydrogen (secondary N) is 1. The van der Waals surface area contributed by atoms with Gasteiger partial charge in [-0.15, -0.1) is 0 Å². The molecular weight excluding hydrogens is 268 g/mol. The van der Waals surface area contributed by atoms with Crippen molar-refractivity contribution in [3.05, 3.63) is 0 Å². The minimum Gasteiger partial charge on any atom is -0.481 e. The van der Waals surface area contributed by atoms with E-state index in [4.69, 9.17) is 0 Å². The van der Waals surface area contributed by atoms with Crippen molar-refractivity contribution in [1.82, 2.24) is 10.2 Å². The van der Waals surface area contributed by atoms with Gasteiger partial charge in [-0.2, -0.15) is 0 Å². The summed E-state index contributed by atoms with van der Waals surface area (Å²) in [6.07, 6.45) is 3.47. The number of hydrogen-bond acceptors (Lipinski definition) is 3. The Balaban J connectivity index is 1.88. The number of piperidine rings is 1. The average molecular weight is 296 g/mol. The summed E-state index contributed by atoms with van der Waals surface area (Å²) in [5, 5.41) is 12.3. The van der Waals surface area contributed by atoms with Crippen LogP contribution in [0.25, 0.3) is 0 Å². The maximum absolute atomic E-state index is 12.4. The largest absolute Gasteiger partial charge is 0.481 e. The zero-order chi connectivity index (χ0) is 15.6. The fraction of sp³-hybridized carbons (Fsp3) is 0.875. The van der Waals surface area contributed by atoms with E-state index in [0.717, 1.165) is 25.9 Å². The van der Waals surface area contributed by atoms with Crippen LogP contribution in [0.2, 0.25) is 0 Å². The van der Waals surface area contributed by atoms with Crippen LogP contribution in [0.1, 0.15) is 39.5 Å². The Hall–Kier alpha value is -1.10. The van der Waals surface area contributed by atoms with Gasteiger partial charge in [0.25, 0.3) is 0 Å². The molecule has 2 fully saturated rings. The first-order valence-corrected chi connectivity index (χ1v) is 8.00. The van der Waals surface area contributed by atoms with Crippen LogP contribution in [0.15, 0.2) is 0 Å². The van der Waals surface area contributed by atoms with E-state index in [0.29, 0.717) is 25.3 Å². The van der Waals surface area contributed by atoms with E-state index in [2.05, 4.69) is 24.2 Å². The molecule has 5 heteroatoms. The summed E-state index contributed by atoms with van der Waals surface area (Å²) in [6.45, 7) is 7.03. The van der Waals surface area contributed by atoms with E-state index in [1.165, 1.54) is 0 Å². The highest BCUT2D eigenvalue weighted by Crippen LogP contribution is 2.37. The van der Waals surface area contributed by atoms with Gasteiger partial charge < -0.3 is 15.3 Å². The molecule has 0 spiro atoms. The summed E-state index contributed by atoms with van der Waals surface area (Å²) < 4.78 is 0. The van der Waals surface area contributed by atoms with Crippen LogP contribution < -0.4 is 5.32 Å². The van der Waals surface area contributed by atoms with E-state index in [-0.39, 0.29) is 17.2 Å². The fourth-order valence-electron chi connectivity index (χ4n) is 3.62. The maximum Gasteiger partial charge on any atom is 0.307 e. The fourth-order valence-corrected chi connectivity index (χ4v) is 3.62. The Kier molecular flexibility index (Phi) is 4.91. The third kappa shape index (κ3) is 3.96.